The molecule has 2 nitrogen and oxygen atoms in total. The zero-order valence-corrected chi connectivity index (χ0v) is 6.80. The summed E-state index contributed by atoms with van der Waals surface area (Å²) in [5, 5.41) is 0. The van der Waals surface area contributed by atoms with Gasteiger partial charge in [-0.2, -0.15) is 11.8 Å². The van der Waals surface area contributed by atoms with Gasteiger partial charge in [-0.25, -0.2) is 0 Å². The Balaban J connectivity index is 0.000000145. The first-order valence-electron chi connectivity index (χ1n) is 2.34. The molecular formula is C4H7O2STi. The maximum absolute atomic E-state index is 8.50. The predicted octanol–water partition coefficient (Wildman–Crippen LogP) is 1.44. The van der Waals surface area contributed by atoms with Crippen LogP contribution in [0.5, 0.6) is 0 Å². The van der Waals surface area contributed by atoms with Gasteiger partial charge in [-0.3, -0.25) is 0 Å². The van der Waals surface area contributed by atoms with Crippen LogP contribution in [0.4, 0.5) is 0 Å². The molecule has 1 aliphatic rings. The standard InChI is InChI=1S/C4H7S.2O.Ti/c1-2-4-5-3-1;;;/h3H,1-2,4H2;;;. The molecule has 1 aliphatic heterocycles. The van der Waals surface area contributed by atoms with Gasteiger partial charge in [-0.1, -0.05) is 0 Å². The summed E-state index contributed by atoms with van der Waals surface area (Å²) in [7, 11) is 0. The van der Waals surface area contributed by atoms with Crippen molar-refractivity contribution in [2.24, 2.45) is 0 Å². The summed E-state index contributed by atoms with van der Waals surface area (Å²) in [5.74, 6) is 3.64. The van der Waals surface area contributed by atoms with Crippen LogP contribution in [0.3, 0.4) is 0 Å². The molecule has 1 radical (unpaired) electrons. The molecule has 0 aliphatic carbocycles. The van der Waals surface area contributed by atoms with Crippen LogP contribution >= 0.6 is 11.8 Å². The van der Waals surface area contributed by atoms with Crippen LogP contribution in [-0.2, 0) is 25.7 Å². The van der Waals surface area contributed by atoms with Crippen molar-refractivity contribution in [3.63, 3.8) is 0 Å². The van der Waals surface area contributed by atoms with E-state index in [0.717, 1.165) is 0 Å². The summed E-state index contributed by atoms with van der Waals surface area (Å²) < 4.78 is 17.0. The third kappa shape index (κ3) is 6.66. The number of hydrogen-bond donors (Lipinski definition) is 0. The van der Waals surface area contributed by atoms with Gasteiger partial charge in [-0.05, 0) is 18.6 Å². The average molecular weight is 167 g/mol. The molecule has 0 aromatic carbocycles. The van der Waals surface area contributed by atoms with E-state index in [1.807, 2.05) is 11.8 Å². The third-order valence-corrected chi connectivity index (χ3v) is 1.70. The molecule has 0 N–H and O–H groups in total. The maximum atomic E-state index is 8.50. The molecule has 0 aromatic heterocycles. The topological polar surface area (TPSA) is 34.1 Å². The molecule has 0 amide bonds. The van der Waals surface area contributed by atoms with E-state index in [4.69, 9.17) is 6.65 Å². The normalized spacial score (nSPS) is 16.0. The average Bonchev–Trinajstić information content (AvgIpc) is 2.17. The molecule has 0 aromatic rings. The van der Waals surface area contributed by atoms with Crippen LogP contribution in [0.2, 0.25) is 0 Å². The monoisotopic (exact) mass is 167 g/mol. The Morgan fingerprint density at radius 1 is 1.50 bits per heavy atom. The van der Waals surface area contributed by atoms with E-state index in [1.54, 1.807) is 0 Å². The SMILES string of the molecule is [CH]1CCCS1.[O]=[Ti]=[O]. The zero-order valence-electron chi connectivity index (χ0n) is 4.42. The van der Waals surface area contributed by atoms with E-state index < -0.39 is 19.1 Å². The molecule has 0 saturated carbocycles. The molecule has 45 valence electrons. The Labute approximate surface area is 62.0 Å². The van der Waals surface area contributed by atoms with Gasteiger partial charge in [-0.15, -0.1) is 0 Å². The van der Waals surface area contributed by atoms with Gasteiger partial charge in [0.2, 0.25) is 0 Å². The summed E-state index contributed by atoms with van der Waals surface area (Å²) in [4.78, 5) is 0. The second-order valence-electron chi connectivity index (χ2n) is 1.26. The van der Waals surface area contributed by atoms with Crippen LogP contribution in [0, 0.1) is 5.75 Å². The van der Waals surface area contributed by atoms with Gasteiger partial charge < -0.3 is 0 Å². The minimum absolute atomic E-state index is 1.34. The summed E-state index contributed by atoms with van der Waals surface area (Å²) in [5.41, 5.74) is 0. The Morgan fingerprint density at radius 2 is 2.12 bits per heavy atom. The van der Waals surface area contributed by atoms with Crippen LogP contribution in [0.1, 0.15) is 12.8 Å². The van der Waals surface area contributed by atoms with Crippen molar-refractivity contribution >= 4 is 11.8 Å². The third-order valence-electron chi connectivity index (χ3n) is 0.702. The summed E-state index contributed by atoms with van der Waals surface area (Å²) in [6, 6.07) is 0. The number of hydrogen-bond acceptors (Lipinski definition) is 3. The molecule has 1 heterocycles. The molecule has 1 saturated heterocycles. The van der Waals surface area contributed by atoms with E-state index in [-0.39, 0.29) is 0 Å². The van der Waals surface area contributed by atoms with E-state index in [1.165, 1.54) is 18.6 Å². The Kier molecular flexibility index (Phi) is 8.30. The number of rotatable bonds is 0. The number of thioether (sulfide) groups is 1. The second kappa shape index (κ2) is 7.66. The van der Waals surface area contributed by atoms with Crippen molar-refractivity contribution in [2.75, 3.05) is 5.75 Å². The molecule has 0 unspecified atom stereocenters. The summed E-state index contributed by atoms with van der Waals surface area (Å²) >= 11 is -0.0509. The Morgan fingerprint density at radius 3 is 2.25 bits per heavy atom. The van der Waals surface area contributed by atoms with E-state index in [2.05, 4.69) is 5.75 Å². The van der Waals surface area contributed by atoms with Gasteiger partial charge in [0.25, 0.3) is 0 Å². The first kappa shape index (κ1) is 8.66. The van der Waals surface area contributed by atoms with Crippen LogP contribution in [-0.4, -0.2) is 5.75 Å². The van der Waals surface area contributed by atoms with E-state index in [9.17, 15) is 0 Å². The molecule has 8 heavy (non-hydrogen) atoms. The summed E-state index contributed by atoms with van der Waals surface area (Å²) in [6.07, 6.45) is 2.75. The summed E-state index contributed by atoms with van der Waals surface area (Å²) in [6.45, 7) is 0. The first-order valence-corrected chi connectivity index (χ1v) is 4.66. The fraction of sp³-hybridized carbons (Fsp3) is 0.750. The van der Waals surface area contributed by atoms with Crippen molar-refractivity contribution in [3.05, 3.63) is 5.75 Å². The molecule has 1 rings (SSSR count). The van der Waals surface area contributed by atoms with E-state index >= 15 is 0 Å². The fourth-order valence-corrected chi connectivity index (χ4v) is 1.25. The molecule has 1 fully saturated rings. The molecule has 0 spiro atoms. The van der Waals surface area contributed by atoms with Gasteiger partial charge >= 0.3 is 25.7 Å². The van der Waals surface area contributed by atoms with Gasteiger partial charge in [0.1, 0.15) is 0 Å². The van der Waals surface area contributed by atoms with Crippen molar-refractivity contribution in [2.45, 2.75) is 12.8 Å². The van der Waals surface area contributed by atoms with Crippen molar-refractivity contribution in [3.8, 4) is 0 Å². The first-order chi connectivity index (χ1) is 3.91. The minimum atomic E-state index is -2.00. The van der Waals surface area contributed by atoms with Crippen LogP contribution < -0.4 is 0 Å². The van der Waals surface area contributed by atoms with Crippen molar-refractivity contribution in [1.29, 1.82) is 0 Å². The van der Waals surface area contributed by atoms with Crippen LogP contribution in [0.25, 0.3) is 0 Å². The van der Waals surface area contributed by atoms with Crippen LogP contribution in [0.15, 0.2) is 0 Å². The molecular weight excluding hydrogens is 160 g/mol. The van der Waals surface area contributed by atoms with Crippen molar-refractivity contribution in [1.82, 2.24) is 0 Å². The fourth-order valence-electron chi connectivity index (χ4n) is 0.417. The zero-order chi connectivity index (χ0) is 6.24. The van der Waals surface area contributed by atoms with Gasteiger partial charge in [0.15, 0.2) is 0 Å². The molecule has 0 atom stereocenters. The Hall–Kier alpha value is 0.664. The van der Waals surface area contributed by atoms with Crippen molar-refractivity contribution < 1.29 is 25.7 Å². The second-order valence-corrected chi connectivity index (χ2v) is 2.60. The molecule has 0 bridgehead atoms. The van der Waals surface area contributed by atoms with Gasteiger partial charge in [0.05, 0.1) is 0 Å². The van der Waals surface area contributed by atoms with Gasteiger partial charge in [0, 0.05) is 5.75 Å². The quantitative estimate of drug-likeness (QED) is 0.512. The predicted molar refractivity (Wildman–Crippen MR) is 27.4 cm³/mol. The Bertz CT molecular complexity index is 68.5. The molecule has 4 heteroatoms. The van der Waals surface area contributed by atoms with E-state index in [0.29, 0.717) is 0 Å².